The Morgan fingerprint density at radius 3 is 2.59 bits per heavy atom. The zero-order valence-electron chi connectivity index (χ0n) is 18.0. The minimum Gasteiger partial charge on any atom is -0.357 e. The first-order chi connectivity index (χ1) is 14.3. The molecular formula is C23H36N6. The SMILES string of the molecule is CCCN1CCC(CNC(=NCc2ccccc2Cn2cccn2)NCC)CC1. The lowest BCUT2D eigenvalue weighted by atomic mass is 9.97. The van der Waals surface area contributed by atoms with Gasteiger partial charge >= 0.3 is 0 Å². The molecular weight excluding hydrogens is 360 g/mol. The van der Waals surface area contributed by atoms with Gasteiger partial charge in [0.2, 0.25) is 0 Å². The summed E-state index contributed by atoms with van der Waals surface area (Å²) in [5.74, 6) is 1.65. The van der Waals surface area contributed by atoms with Crippen LogP contribution in [-0.4, -0.2) is 53.4 Å². The van der Waals surface area contributed by atoms with Crippen LogP contribution in [0.5, 0.6) is 0 Å². The average Bonchev–Trinajstić information content (AvgIpc) is 3.25. The van der Waals surface area contributed by atoms with Gasteiger partial charge in [0.05, 0.1) is 13.1 Å². The van der Waals surface area contributed by atoms with Crippen molar-refractivity contribution in [1.82, 2.24) is 25.3 Å². The Morgan fingerprint density at radius 1 is 1.10 bits per heavy atom. The van der Waals surface area contributed by atoms with Crippen molar-refractivity contribution in [2.75, 3.05) is 32.7 Å². The number of aromatic nitrogens is 2. The second kappa shape index (κ2) is 11.6. The second-order valence-corrected chi connectivity index (χ2v) is 7.83. The van der Waals surface area contributed by atoms with E-state index in [1.165, 1.54) is 50.0 Å². The van der Waals surface area contributed by atoms with Gasteiger partial charge in [0.25, 0.3) is 0 Å². The Hall–Kier alpha value is -2.34. The van der Waals surface area contributed by atoms with Crippen LogP contribution in [0.3, 0.4) is 0 Å². The molecule has 3 rings (SSSR count). The highest BCUT2D eigenvalue weighted by molar-refractivity contribution is 5.79. The van der Waals surface area contributed by atoms with Crippen molar-refractivity contribution >= 4 is 5.96 Å². The van der Waals surface area contributed by atoms with E-state index in [2.05, 4.69) is 58.7 Å². The van der Waals surface area contributed by atoms with Gasteiger partial charge in [-0.05, 0) is 68.9 Å². The summed E-state index contributed by atoms with van der Waals surface area (Å²) in [6.07, 6.45) is 7.62. The number of benzene rings is 1. The van der Waals surface area contributed by atoms with Gasteiger partial charge in [-0.2, -0.15) is 5.10 Å². The summed E-state index contributed by atoms with van der Waals surface area (Å²) in [5.41, 5.74) is 2.51. The van der Waals surface area contributed by atoms with Gasteiger partial charge in [-0.25, -0.2) is 4.99 Å². The van der Waals surface area contributed by atoms with Gasteiger partial charge in [0.15, 0.2) is 5.96 Å². The van der Waals surface area contributed by atoms with E-state index in [-0.39, 0.29) is 0 Å². The molecule has 0 bridgehead atoms. The smallest absolute Gasteiger partial charge is 0.191 e. The quantitative estimate of drug-likeness (QED) is 0.505. The Balaban J connectivity index is 1.54. The number of hydrogen-bond donors (Lipinski definition) is 2. The normalized spacial score (nSPS) is 16.1. The molecule has 0 radical (unpaired) electrons. The van der Waals surface area contributed by atoms with Crippen LogP contribution in [0.4, 0.5) is 0 Å². The van der Waals surface area contributed by atoms with Gasteiger partial charge in [-0.15, -0.1) is 0 Å². The fourth-order valence-corrected chi connectivity index (χ4v) is 3.91. The molecule has 29 heavy (non-hydrogen) atoms. The third kappa shape index (κ3) is 6.89. The van der Waals surface area contributed by atoms with Gasteiger partial charge < -0.3 is 15.5 Å². The van der Waals surface area contributed by atoms with E-state index >= 15 is 0 Å². The molecule has 0 amide bonds. The molecule has 1 aromatic carbocycles. The van der Waals surface area contributed by atoms with E-state index in [0.29, 0.717) is 6.54 Å². The summed E-state index contributed by atoms with van der Waals surface area (Å²) in [4.78, 5) is 7.45. The van der Waals surface area contributed by atoms with Gasteiger partial charge in [0, 0.05) is 25.5 Å². The Labute approximate surface area is 175 Å². The first-order valence-corrected chi connectivity index (χ1v) is 11.1. The highest BCUT2D eigenvalue weighted by atomic mass is 15.3. The zero-order chi connectivity index (χ0) is 20.3. The Morgan fingerprint density at radius 2 is 1.90 bits per heavy atom. The van der Waals surface area contributed by atoms with Crippen LogP contribution in [-0.2, 0) is 13.1 Å². The average molecular weight is 397 g/mol. The lowest BCUT2D eigenvalue weighted by molar-refractivity contribution is 0.185. The number of aliphatic imine (C=N–C) groups is 1. The molecule has 0 saturated carbocycles. The van der Waals surface area contributed by atoms with E-state index in [9.17, 15) is 0 Å². The third-order valence-corrected chi connectivity index (χ3v) is 5.57. The van der Waals surface area contributed by atoms with E-state index < -0.39 is 0 Å². The maximum atomic E-state index is 4.86. The van der Waals surface area contributed by atoms with Gasteiger partial charge in [0.1, 0.15) is 0 Å². The minimum absolute atomic E-state index is 0.668. The van der Waals surface area contributed by atoms with Crippen LogP contribution in [0.25, 0.3) is 0 Å². The lowest BCUT2D eigenvalue weighted by Crippen LogP contribution is -2.43. The van der Waals surface area contributed by atoms with Crippen LogP contribution in [0.1, 0.15) is 44.2 Å². The lowest BCUT2D eigenvalue weighted by Gasteiger charge is -2.32. The number of likely N-dealkylation sites (tertiary alicyclic amines) is 1. The molecule has 6 nitrogen and oxygen atoms in total. The second-order valence-electron chi connectivity index (χ2n) is 7.83. The first kappa shape index (κ1) is 21.4. The molecule has 0 spiro atoms. The van der Waals surface area contributed by atoms with E-state index in [4.69, 9.17) is 4.99 Å². The van der Waals surface area contributed by atoms with Crippen LogP contribution in [0, 0.1) is 5.92 Å². The fraction of sp³-hybridized carbons (Fsp3) is 0.565. The summed E-state index contributed by atoms with van der Waals surface area (Å²) in [6.45, 7) is 11.4. The molecule has 6 heteroatoms. The highest BCUT2D eigenvalue weighted by Gasteiger charge is 2.18. The molecule has 1 aromatic heterocycles. The molecule has 2 aromatic rings. The largest absolute Gasteiger partial charge is 0.357 e. The van der Waals surface area contributed by atoms with Crippen molar-refractivity contribution < 1.29 is 0 Å². The van der Waals surface area contributed by atoms with Crippen LogP contribution < -0.4 is 10.6 Å². The van der Waals surface area contributed by atoms with Gasteiger partial charge in [-0.1, -0.05) is 31.2 Å². The summed E-state index contributed by atoms with van der Waals surface area (Å²) < 4.78 is 1.96. The number of guanidine groups is 1. The number of piperidine rings is 1. The Kier molecular flexibility index (Phi) is 8.56. The summed E-state index contributed by atoms with van der Waals surface area (Å²) >= 11 is 0. The molecule has 2 heterocycles. The van der Waals surface area contributed by atoms with Crippen molar-refractivity contribution in [2.24, 2.45) is 10.9 Å². The van der Waals surface area contributed by atoms with E-state index in [1.54, 1.807) is 0 Å². The van der Waals surface area contributed by atoms with Crippen molar-refractivity contribution in [3.63, 3.8) is 0 Å². The molecule has 1 aliphatic heterocycles. The van der Waals surface area contributed by atoms with Crippen LogP contribution in [0.2, 0.25) is 0 Å². The first-order valence-electron chi connectivity index (χ1n) is 11.1. The summed E-state index contributed by atoms with van der Waals surface area (Å²) in [7, 11) is 0. The van der Waals surface area contributed by atoms with Crippen LogP contribution in [0.15, 0.2) is 47.7 Å². The molecule has 2 N–H and O–H groups in total. The zero-order valence-corrected chi connectivity index (χ0v) is 18.0. The van der Waals surface area contributed by atoms with E-state index in [0.717, 1.165) is 31.5 Å². The molecule has 0 atom stereocenters. The van der Waals surface area contributed by atoms with Crippen LogP contribution >= 0.6 is 0 Å². The maximum absolute atomic E-state index is 4.86. The summed E-state index contributed by atoms with van der Waals surface area (Å²) in [5, 5.41) is 11.3. The van der Waals surface area contributed by atoms with E-state index in [1.807, 2.05) is 23.1 Å². The highest BCUT2D eigenvalue weighted by Crippen LogP contribution is 2.16. The molecule has 0 unspecified atom stereocenters. The molecule has 1 saturated heterocycles. The molecule has 1 fully saturated rings. The fourth-order valence-electron chi connectivity index (χ4n) is 3.91. The van der Waals surface area contributed by atoms with Crippen molar-refractivity contribution in [3.05, 3.63) is 53.9 Å². The predicted molar refractivity (Wildman–Crippen MR) is 120 cm³/mol. The summed E-state index contributed by atoms with van der Waals surface area (Å²) in [6, 6.07) is 10.5. The number of hydrogen-bond acceptors (Lipinski definition) is 3. The monoisotopic (exact) mass is 396 g/mol. The molecule has 1 aliphatic rings. The predicted octanol–water partition coefficient (Wildman–Crippen LogP) is 3.11. The topological polar surface area (TPSA) is 57.5 Å². The van der Waals surface area contributed by atoms with Crippen molar-refractivity contribution in [2.45, 2.75) is 46.2 Å². The molecule has 158 valence electrons. The van der Waals surface area contributed by atoms with Crippen molar-refractivity contribution in [3.8, 4) is 0 Å². The standard InChI is InChI=1S/C23H36N6/c1-3-13-28-15-10-20(11-16-28)17-25-23(24-4-2)26-18-21-8-5-6-9-22(21)19-29-14-7-12-27-29/h5-9,12,14,20H,3-4,10-11,13,15-19H2,1-2H3,(H2,24,25,26). The van der Waals surface area contributed by atoms with Crippen molar-refractivity contribution in [1.29, 1.82) is 0 Å². The Bertz CT molecular complexity index is 732. The van der Waals surface area contributed by atoms with Gasteiger partial charge in [-0.3, -0.25) is 4.68 Å². The number of nitrogens with zero attached hydrogens (tertiary/aromatic N) is 4. The minimum atomic E-state index is 0.668. The maximum Gasteiger partial charge on any atom is 0.191 e. The number of nitrogens with one attached hydrogen (secondary N) is 2. The number of rotatable bonds is 9. The third-order valence-electron chi connectivity index (χ3n) is 5.57. The molecule has 0 aliphatic carbocycles.